The molecule has 0 radical (unpaired) electrons. The number of hydrogen-bond donors (Lipinski definition) is 1. The molecule has 1 aromatic heterocycles. The van der Waals surface area contributed by atoms with E-state index in [2.05, 4.69) is 16.5 Å². The van der Waals surface area contributed by atoms with Crippen LogP contribution in [-0.2, 0) is 6.42 Å². The Hall–Kier alpha value is -3.20. The summed E-state index contributed by atoms with van der Waals surface area (Å²) < 4.78 is 29.4. The molecule has 0 fully saturated rings. The average molecular weight is 350 g/mol. The van der Waals surface area contributed by atoms with Crippen molar-refractivity contribution in [2.45, 2.75) is 19.3 Å². The summed E-state index contributed by atoms with van der Waals surface area (Å²) >= 11 is 0. The molecule has 6 heteroatoms. The van der Waals surface area contributed by atoms with Crippen LogP contribution in [-0.4, -0.2) is 16.3 Å². The second-order valence-electron chi connectivity index (χ2n) is 6.25. The van der Waals surface area contributed by atoms with Gasteiger partial charge in [0.2, 0.25) is 0 Å². The normalized spacial score (nSPS) is 13.4. The zero-order valence-electron chi connectivity index (χ0n) is 14.0. The van der Waals surface area contributed by atoms with Crippen LogP contribution in [0.15, 0.2) is 42.5 Å². The molecule has 0 bridgehead atoms. The number of nitriles is 1. The van der Waals surface area contributed by atoms with Crippen molar-refractivity contribution in [1.82, 2.24) is 9.78 Å². The van der Waals surface area contributed by atoms with Crippen LogP contribution in [0, 0.1) is 23.0 Å². The maximum Gasteiger partial charge on any atom is 0.135 e. The van der Waals surface area contributed by atoms with Crippen LogP contribution < -0.4 is 5.32 Å². The first-order chi connectivity index (χ1) is 12.7. The van der Waals surface area contributed by atoms with Crippen molar-refractivity contribution in [3.63, 3.8) is 0 Å². The van der Waals surface area contributed by atoms with Gasteiger partial charge < -0.3 is 5.32 Å². The van der Waals surface area contributed by atoms with Gasteiger partial charge in [-0.2, -0.15) is 10.4 Å². The second-order valence-corrected chi connectivity index (χ2v) is 6.25. The third kappa shape index (κ3) is 2.82. The Balaban J connectivity index is 1.90. The molecule has 1 N–H and O–H groups in total. The Morgan fingerprint density at radius 3 is 2.62 bits per heavy atom. The van der Waals surface area contributed by atoms with E-state index in [0.717, 1.165) is 48.9 Å². The Morgan fingerprint density at radius 2 is 1.88 bits per heavy atom. The molecule has 130 valence electrons. The monoisotopic (exact) mass is 350 g/mol. The highest BCUT2D eigenvalue weighted by atomic mass is 19.1. The summed E-state index contributed by atoms with van der Waals surface area (Å²) in [5.41, 5.74) is 3.08. The lowest BCUT2D eigenvalue weighted by molar-refractivity contribution is 0.585. The van der Waals surface area contributed by atoms with Crippen molar-refractivity contribution in [2.24, 2.45) is 0 Å². The highest BCUT2D eigenvalue weighted by Crippen LogP contribution is 2.35. The van der Waals surface area contributed by atoms with E-state index >= 15 is 0 Å². The number of halogens is 2. The van der Waals surface area contributed by atoms with Crippen LogP contribution in [0.2, 0.25) is 0 Å². The molecule has 26 heavy (non-hydrogen) atoms. The quantitative estimate of drug-likeness (QED) is 0.743. The molecule has 0 saturated carbocycles. The Labute approximate surface area is 149 Å². The van der Waals surface area contributed by atoms with Gasteiger partial charge in [-0.05, 0) is 55.7 Å². The van der Waals surface area contributed by atoms with E-state index in [1.165, 1.54) is 12.1 Å². The van der Waals surface area contributed by atoms with Gasteiger partial charge in [0.25, 0.3) is 0 Å². The summed E-state index contributed by atoms with van der Waals surface area (Å²) in [5.74, 6) is -0.408. The van der Waals surface area contributed by atoms with Crippen LogP contribution in [0.25, 0.3) is 16.9 Å². The first-order valence-electron chi connectivity index (χ1n) is 8.49. The summed E-state index contributed by atoms with van der Waals surface area (Å²) in [6.07, 6.45) is 2.74. The summed E-state index contributed by atoms with van der Waals surface area (Å²) in [6.45, 7) is 0.806. The Kier molecular flexibility index (Phi) is 4.13. The molecule has 0 aliphatic carbocycles. The van der Waals surface area contributed by atoms with E-state index in [1.54, 1.807) is 16.8 Å². The first kappa shape index (κ1) is 16.3. The second kappa shape index (κ2) is 6.60. The van der Waals surface area contributed by atoms with Gasteiger partial charge in [0, 0.05) is 23.7 Å². The third-order valence-corrected chi connectivity index (χ3v) is 4.56. The topological polar surface area (TPSA) is 53.6 Å². The van der Waals surface area contributed by atoms with Crippen molar-refractivity contribution in [3.8, 4) is 23.0 Å². The zero-order valence-corrected chi connectivity index (χ0v) is 14.0. The minimum absolute atomic E-state index is 0.291. The van der Waals surface area contributed by atoms with Gasteiger partial charge in [0.05, 0.1) is 17.3 Å². The number of nitrogens with one attached hydrogen (secondary N) is 1. The van der Waals surface area contributed by atoms with Crippen LogP contribution in [0.5, 0.6) is 0 Å². The summed E-state index contributed by atoms with van der Waals surface area (Å²) in [7, 11) is 0. The summed E-state index contributed by atoms with van der Waals surface area (Å²) in [6, 6.07) is 12.7. The lowest BCUT2D eigenvalue weighted by Crippen LogP contribution is -2.07. The van der Waals surface area contributed by atoms with Crippen LogP contribution in [0.4, 0.5) is 14.6 Å². The number of fused-ring (bicyclic) bond motifs is 1. The van der Waals surface area contributed by atoms with Crippen molar-refractivity contribution >= 4 is 5.82 Å². The SMILES string of the molecule is N#Cc1ccc(-n2nc(-c3ccc(F)cc3F)c3c2NCCCC3)cc1. The molecule has 0 atom stereocenters. The smallest absolute Gasteiger partial charge is 0.135 e. The molecule has 0 unspecified atom stereocenters. The number of anilines is 1. The lowest BCUT2D eigenvalue weighted by Gasteiger charge is -2.09. The number of nitrogens with zero attached hydrogens (tertiary/aromatic N) is 3. The fraction of sp³-hybridized carbons (Fsp3) is 0.200. The maximum atomic E-state index is 14.4. The van der Waals surface area contributed by atoms with Gasteiger partial charge in [-0.3, -0.25) is 0 Å². The molecule has 2 aromatic carbocycles. The summed E-state index contributed by atoms with van der Waals surface area (Å²) in [4.78, 5) is 0. The van der Waals surface area contributed by atoms with Crippen molar-refractivity contribution < 1.29 is 8.78 Å². The fourth-order valence-corrected chi connectivity index (χ4v) is 3.26. The highest BCUT2D eigenvalue weighted by Gasteiger charge is 2.23. The number of aromatic nitrogens is 2. The molecular weight excluding hydrogens is 334 g/mol. The van der Waals surface area contributed by atoms with Gasteiger partial charge in [-0.1, -0.05) is 0 Å². The van der Waals surface area contributed by atoms with Crippen molar-refractivity contribution in [2.75, 3.05) is 11.9 Å². The fourth-order valence-electron chi connectivity index (χ4n) is 3.26. The highest BCUT2D eigenvalue weighted by molar-refractivity contribution is 5.71. The van der Waals surface area contributed by atoms with E-state index in [0.29, 0.717) is 16.8 Å². The van der Waals surface area contributed by atoms with Crippen LogP contribution in [0.3, 0.4) is 0 Å². The van der Waals surface area contributed by atoms with E-state index in [-0.39, 0.29) is 0 Å². The number of hydrogen-bond acceptors (Lipinski definition) is 3. The van der Waals surface area contributed by atoms with E-state index in [4.69, 9.17) is 5.26 Å². The molecule has 4 rings (SSSR count). The van der Waals surface area contributed by atoms with Crippen molar-refractivity contribution in [3.05, 3.63) is 65.2 Å². The molecular formula is C20H16F2N4. The average Bonchev–Trinajstić information content (AvgIpc) is 2.83. The maximum absolute atomic E-state index is 14.4. The van der Waals surface area contributed by atoms with Gasteiger partial charge in [-0.15, -0.1) is 0 Å². The number of benzene rings is 2. The molecule has 0 spiro atoms. The van der Waals surface area contributed by atoms with Gasteiger partial charge in [0.1, 0.15) is 23.1 Å². The van der Waals surface area contributed by atoms with Crippen LogP contribution in [0.1, 0.15) is 24.0 Å². The Bertz CT molecular complexity index is 1000. The standard InChI is InChI=1S/C20H16F2N4/c21-14-6-9-16(18(22)11-14)19-17-3-1-2-10-24-20(17)26(25-19)15-7-4-13(12-23)5-8-15/h4-9,11,24H,1-3,10H2. The molecule has 1 aliphatic heterocycles. The van der Waals surface area contributed by atoms with Crippen molar-refractivity contribution in [1.29, 1.82) is 5.26 Å². The zero-order chi connectivity index (χ0) is 18.1. The number of rotatable bonds is 2. The first-order valence-corrected chi connectivity index (χ1v) is 8.49. The van der Waals surface area contributed by atoms with Gasteiger partial charge in [0.15, 0.2) is 0 Å². The molecule has 0 amide bonds. The molecule has 0 saturated heterocycles. The predicted molar refractivity (Wildman–Crippen MR) is 95.1 cm³/mol. The molecule has 4 nitrogen and oxygen atoms in total. The minimum atomic E-state index is -0.624. The van der Waals surface area contributed by atoms with Crippen LogP contribution >= 0.6 is 0 Å². The lowest BCUT2D eigenvalue weighted by atomic mass is 10.0. The predicted octanol–water partition coefficient (Wildman–Crippen LogP) is 4.44. The van der Waals surface area contributed by atoms with E-state index < -0.39 is 11.6 Å². The van der Waals surface area contributed by atoms with Gasteiger partial charge >= 0.3 is 0 Å². The third-order valence-electron chi connectivity index (χ3n) is 4.56. The largest absolute Gasteiger partial charge is 0.370 e. The van der Waals surface area contributed by atoms with Gasteiger partial charge in [-0.25, -0.2) is 13.5 Å². The molecule has 2 heterocycles. The Morgan fingerprint density at radius 1 is 1.08 bits per heavy atom. The summed E-state index contributed by atoms with van der Waals surface area (Å²) in [5, 5.41) is 17.0. The molecule has 3 aromatic rings. The van der Waals surface area contributed by atoms with E-state index in [1.807, 2.05) is 12.1 Å². The minimum Gasteiger partial charge on any atom is -0.370 e. The van der Waals surface area contributed by atoms with E-state index in [9.17, 15) is 8.78 Å². The molecule has 1 aliphatic rings.